The monoisotopic (exact) mass is 282 g/mol. The lowest BCUT2D eigenvalue weighted by Gasteiger charge is -2.07. The number of hydrogen-bond acceptors (Lipinski definition) is 6. The average Bonchev–Trinajstić information content (AvgIpc) is 2.81. The lowest BCUT2D eigenvalue weighted by molar-refractivity contribution is 0.0603. The van der Waals surface area contributed by atoms with Gasteiger partial charge in [0.1, 0.15) is 0 Å². The third kappa shape index (κ3) is 2.19. The van der Waals surface area contributed by atoms with Gasteiger partial charge in [-0.25, -0.2) is 4.79 Å². The third-order valence-corrected chi connectivity index (χ3v) is 3.84. The SMILES string of the molecule is COC(=O)c1sc2cc(OC)c(OC)cc2c1OC. The summed E-state index contributed by atoms with van der Waals surface area (Å²) in [7, 11) is 5.98. The second-order valence-corrected chi connectivity index (χ2v) is 4.71. The molecule has 1 aromatic carbocycles. The Morgan fingerprint density at radius 2 is 1.63 bits per heavy atom. The first kappa shape index (κ1) is 13.5. The van der Waals surface area contributed by atoms with Gasteiger partial charge in [-0.3, -0.25) is 0 Å². The van der Waals surface area contributed by atoms with Gasteiger partial charge >= 0.3 is 5.97 Å². The fourth-order valence-corrected chi connectivity index (χ4v) is 2.93. The molecule has 0 radical (unpaired) electrons. The molecule has 0 bridgehead atoms. The Balaban J connectivity index is 2.72. The van der Waals surface area contributed by atoms with Crippen molar-refractivity contribution in [2.45, 2.75) is 0 Å². The van der Waals surface area contributed by atoms with E-state index in [1.54, 1.807) is 20.3 Å². The fraction of sp³-hybridized carbons (Fsp3) is 0.308. The molecular formula is C13H14O5S. The van der Waals surface area contributed by atoms with Crippen molar-refractivity contribution in [3.05, 3.63) is 17.0 Å². The van der Waals surface area contributed by atoms with Gasteiger partial charge in [0.15, 0.2) is 22.1 Å². The lowest BCUT2D eigenvalue weighted by Crippen LogP contribution is -2.00. The van der Waals surface area contributed by atoms with Gasteiger partial charge in [-0.2, -0.15) is 0 Å². The van der Waals surface area contributed by atoms with Gasteiger partial charge < -0.3 is 18.9 Å². The zero-order valence-electron chi connectivity index (χ0n) is 11.1. The van der Waals surface area contributed by atoms with E-state index >= 15 is 0 Å². The van der Waals surface area contributed by atoms with Gasteiger partial charge in [0.05, 0.1) is 28.4 Å². The van der Waals surface area contributed by atoms with E-state index in [-0.39, 0.29) is 0 Å². The summed E-state index contributed by atoms with van der Waals surface area (Å²) in [5, 5.41) is 0.797. The van der Waals surface area contributed by atoms with E-state index < -0.39 is 5.97 Å². The van der Waals surface area contributed by atoms with Crippen LogP contribution in [0.3, 0.4) is 0 Å². The van der Waals surface area contributed by atoms with E-state index in [1.165, 1.54) is 25.6 Å². The number of carbonyl (C=O) groups excluding carboxylic acids is 1. The summed E-state index contributed by atoms with van der Waals surface area (Å²) in [6.45, 7) is 0. The fourth-order valence-electron chi connectivity index (χ4n) is 1.83. The summed E-state index contributed by atoms with van der Waals surface area (Å²) >= 11 is 1.29. The highest BCUT2D eigenvalue weighted by molar-refractivity contribution is 7.21. The van der Waals surface area contributed by atoms with Crippen molar-refractivity contribution in [1.82, 2.24) is 0 Å². The highest BCUT2D eigenvalue weighted by Crippen LogP contribution is 2.43. The van der Waals surface area contributed by atoms with Crippen LogP contribution in [-0.2, 0) is 4.74 Å². The minimum Gasteiger partial charge on any atom is -0.494 e. The summed E-state index contributed by atoms with van der Waals surface area (Å²) in [5.74, 6) is 1.27. The normalized spacial score (nSPS) is 10.3. The maximum atomic E-state index is 11.7. The zero-order valence-corrected chi connectivity index (χ0v) is 11.9. The summed E-state index contributed by atoms with van der Waals surface area (Å²) < 4.78 is 21.4. The molecule has 1 aromatic heterocycles. The molecule has 0 N–H and O–H groups in total. The van der Waals surface area contributed by atoms with Crippen molar-refractivity contribution < 1.29 is 23.7 Å². The first-order valence-electron chi connectivity index (χ1n) is 5.47. The van der Waals surface area contributed by atoms with Crippen molar-refractivity contribution in [2.75, 3.05) is 28.4 Å². The number of carbonyl (C=O) groups is 1. The molecule has 0 aliphatic carbocycles. The Morgan fingerprint density at radius 3 is 2.16 bits per heavy atom. The molecule has 19 heavy (non-hydrogen) atoms. The summed E-state index contributed by atoms with van der Waals surface area (Å²) in [6, 6.07) is 3.60. The van der Waals surface area contributed by atoms with Crippen LogP contribution in [0, 0.1) is 0 Å². The Kier molecular flexibility index (Phi) is 3.80. The molecule has 2 aromatic rings. The largest absolute Gasteiger partial charge is 0.494 e. The predicted molar refractivity (Wildman–Crippen MR) is 72.8 cm³/mol. The van der Waals surface area contributed by atoms with Gasteiger partial charge in [-0.1, -0.05) is 0 Å². The number of hydrogen-bond donors (Lipinski definition) is 0. The number of thiophene rings is 1. The molecule has 0 spiro atoms. The Bertz CT molecular complexity index is 617. The van der Waals surface area contributed by atoms with E-state index in [2.05, 4.69) is 0 Å². The number of fused-ring (bicyclic) bond motifs is 1. The molecule has 0 aliphatic rings. The second-order valence-electron chi connectivity index (χ2n) is 3.66. The molecule has 1 heterocycles. The third-order valence-electron chi connectivity index (χ3n) is 2.72. The van der Waals surface area contributed by atoms with E-state index in [0.29, 0.717) is 22.1 Å². The summed E-state index contributed by atoms with van der Waals surface area (Å²) in [4.78, 5) is 12.1. The first-order valence-corrected chi connectivity index (χ1v) is 6.28. The topological polar surface area (TPSA) is 54.0 Å². The molecule has 0 saturated heterocycles. The van der Waals surface area contributed by atoms with Crippen molar-refractivity contribution in [1.29, 1.82) is 0 Å². The van der Waals surface area contributed by atoms with Crippen molar-refractivity contribution in [2.24, 2.45) is 0 Å². The van der Waals surface area contributed by atoms with Crippen molar-refractivity contribution in [3.63, 3.8) is 0 Å². The van der Waals surface area contributed by atoms with Gasteiger partial charge in [0, 0.05) is 16.2 Å². The quantitative estimate of drug-likeness (QED) is 0.807. The molecule has 2 rings (SSSR count). The van der Waals surface area contributed by atoms with Gasteiger partial charge in [-0.05, 0) is 6.07 Å². The highest BCUT2D eigenvalue weighted by Gasteiger charge is 2.21. The summed E-state index contributed by atoms with van der Waals surface area (Å²) in [6.07, 6.45) is 0. The van der Waals surface area contributed by atoms with Crippen LogP contribution in [0.15, 0.2) is 12.1 Å². The van der Waals surface area contributed by atoms with Crippen LogP contribution in [0.2, 0.25) is 0 Å². The number of esters is 1. The van der Waals surface area contributed by atoms with E-state index in [1.807, 2.05) is 6.07 Å². The Labute approximate surface area is 114 Å². The maximum Gasteiger partial charge on any atom is 0.351 e. The highest BCUT2D eigenvalue weighted by atomic mass is 32.1. The van der Waals surface area contributed by atoms with Gasteiger partial charge in [-0.15, -0.1) is 11.3 Å². The van der Waals surface area contributed by atoms with Crippen LogP contribution in [0.4, 0.5) is 0 Å². The lowest BCUT2D eigenvalue weighted by atomic mass is 10.2. The number of benzene rings is 1. The smallest absolute Gasteiger partial charge is 0.351 e. The Morgan fingerprint density at radius 1 is 1.00 bits per heavy atom. The van der Waals surface area contributed by atoms with Crippen molar-refractivity contribution >= 4 is 27.4 Å². The molecule has 0 unspecified atom stereocenters. The van der Waals surface area contributed by atoms with Crippen LogP contribution in [0.5, 0.6) is 17.2 Å². The van der Waals surface area contributed by atoms with Crippen LogP contribution >= 0.6 is 11.3 Å². The van der Waals surface area contributed by atoms with Crippen molar-refractivity contribution in [3.8, 4) is 17.2 Å². The molecule has 0 fully saturated rings. The molecule has 0 atom stereocenters. The minimum absolute atomic E-state index is 0.420. The summed E-state index contributed by atoms with van der Waals surface area (Å²) in [5.41, 5.74) is 0. The van der Waals surface area contributed by atoms with Gasteiger partial charge in [0.2, 0.25) is 0 Å². The number of ether oxygens (including phenoxy) is 4. The van der Waals surface area contributed by atoms with Crippen LogP contribution in [0.1, 0.15) is 9.67 Å². The molecule has 0 saturated carbocycles. The van der Waals surface area contributed by atoms with Crippen LogP contribution < -0.4 is 14.2 Å². The maximum absolute atomic E-state index is 11.7. The number of methoxy groups -OCH3 is 4. The molecular weight excluding hydrogens is 268 g/mol. The van der Waals surface area contributed by atoms with E-state index in [9.17, 15) is 4.79 Å². The molecule has 5 nitrogen and oxygen atoms in total. The first-order chi connectivity index (χ1) is 9.15. The molecule has 0 aliphatic heterocycles. The number of rotatable bonds is 4. The van der Waals surface area contributed by atoms with Crippen LogP contribution in [0.25, 0.3) is 10.1 Å². The predicted octanol–water partition coefficient (Wildman–Crippen LogP) is 2.71. The molecule has 6 heteroatoms. The second kappa shape index (κ2) is 5.36. The van der Waals surface area contributed by atoms with E-state index in [4.69, 9.17) is 18.9 Å². The zero-order chi connectivity index (χ0) is 14.0. The van der Waals surface area contributed by atoms with E-state index in [0.717, 1.165) is 10.1 Å². The average molecular weight is 282 g/mol. The Hall–Kier alpha value is -1.95. The van der Waals surface area contributed by atoms with Gasteiger partial charge in [0.25, 0.3) is 0 Å². The molecule has 102 valence electrons. The minimum atomic E-state index is -0.420. The molecule has 0 amide bonds. The standard InChI is InChI=1S/C13H14O5S/c1-15-8-5-7-10(6-9(8)16-2)19-12(11(7)17-3)13(14)18-4/h5-6H,1-4H3. The van der Waals surface area contributed by atoms with Crippen LogP contribution in [-0.4, -0.2) is 34.4 Å².